The lowest BCUT2D eigenvalue weighted by atomic mass is 10.2. The topological polar surface area (TPSA) is 54.5 Å². The zero-order chi connectivity index (χ0) is 11.7. The molecule has 0 radical (unpaired) electrons. The number of hydrogen-bond acceptors (Lipinski definition) is 3. The Morgan fingerprint density at radius 1 is 1.12 bits per heavy atom. The summed E-state index contributed by atoms with van der Waals surface area (Å²) >= 11 is 5.31. The second-order valence-electron chi connectivity index (χ2n) is 3.17. The number of carbonyl (C=O) groups excluding carboxylic acids is 3. The molecule has 0 saturated carbocycles. The van der Waals surface area contributed by atoms with Crippen molar-refractivity contribution in [1.82, 2.24) is 0 Å². The van der Waals surface area contributed by atoms with Crippen LogP contribution in [0.4, 0.5) is 5.69 Å². The summed E-state index contributed by atoms with van der Waals surface area (Å²) in [5.41, 5.74) is 0.582. The van der Waals surface area contributed by atoms with E-state index in [4.69, 9.17) is 11.6 Å². The minimum Gasteiger partial charge on any atom is -0.276 e. The van der Waals surface area contributed by atoms with Crippen molar-refractivity contribution in [1.29, 1.82) is 0 Å². The Bertz CT molecular complexity index is 504. The SMILES string of the molecule is O=C(Cl)c1cccc(N2C(=O)C=CC2=O)c1. The normalized spacial score (nSPS) is 14.7. The van der Waals surface area contributed by atoms with E-state index in [1.807, 2.05) is 0 Å². The fourth-order valence-electron chi connectivity index (χ4n) is 1.42. The van der Waals surface area contributed by atoms with Crippen molar-refractivity contribution in [2.75, 3.05) is 4.90 Å². The average molecular weight is 236 g/mol. The highest BCUT2D eigenvalue weighted by Gasteiger charge is 2.25. The van der Waals surface area contributed by atoms with Crippen molar-refractivity contribution in [2.45, 2.75) is 0 Å². The largest absolute Gasteiger partial charge is 0.276 e. The van der Waals surface area contributed by atoms with Gasteiger partial charge in [-0.1, -0.05) is 6.07 Å². The summed E-state index contributed by atoms with van der Waals surface area (Å²) in [6.07, 6.45) is 2.36. The van der Waals surface area contributed by atoms with E-state index < -0.39 is 17.1 Å². The van der Waals surface area contributed by atoms with Gasteiger partial charge in [-0.15, -0.1) is 0 Å². The van der Waals surface area contributed by atoms with Gasteiger partial charge in [0.15, 0.2) is 0 Å². The van der Waals surface area contributed by atoms with Crippen LogP contribution in [-0.4, -0.2) is 17.1 Å². The molecule has 0 saturated heterocycles. The highest BCUT2D eigenvalue weighted by Crippen LogP contribution is 2.20. The van der Waals surface area contributed by atoms with Crippen molar-refractivity contribution in [3.05, 3.63) is 42.0 Å². The fourth-order valence-corrected chi connectivity index (χ4v) is 1.54. The van der Waals surface area contributed by atoms with Crippen molar-refractivity contribution in [3.63, 3.8) is 0 Å². The minimum absolute atomic E-state index is 0.242. The molecule has 0 aliphatic carbocycles. The maximum atomic E-state index is 11.4. The van der Waals surface area contributed by atoms with E-state index in [2.05, 4.69) is 0 Å². The summed E-state index contributed by atoms with van der Waals surface area (Å²) in [6.45, 7) is 0. The van der Waals surface area contributed by atoms with E-state index in [1.54, 1.807) is 12.1 Å². The van der Waals surface area contributed by atoms with Gasteiger partial charge in [-0.25, -0.2) is 4.90 Å². The second kappa shape index (κ2) is 3.90. The molecular formula is C11H6ClNO3. The number of carbonyl (C=O) groups is 3. The van der Waals surface area contributed by atoms with Crippen molar-refractivity contribution in [2.24, 2.45) is 0 Å². The first-order chi connectivity index (χ1) is 7.59. The van der Waals surface area contributed by atoms with E-state index in [-0.39, 0.29) is 5.56 Å². The van der Waals surface area contributed by atoms with Gasteiger partial charge in [0.2, 0.25) is 0 Å². The Labute approximate surface area is 96.1 Å². The third kappa shape index (κ3) is 1.75. The monoisotopic (exact) mass is 235 g/mol. The Morgan fingerprint density at radius 2 is 1.75 bits per heavy atom. The van der Waals surface area contributed by atoms with Gasteiger partial charge in [0.05, 0.1) is 5.69 Å². The molecule has 1 aliphatic heterocycles. The standard InChI is InChI=1S/C11H6ClNO3/c12-11(16)7-2-1-3-8(6-7)13-9(14)4-5-10(13)15/h1-6H. The third-order valence-corrected chi connectivity index (χ3v) is 2.36. The molecular weight excluding hydrogens is 230 g/mol. The van der Waals surface area contributed by atoms with Gasteiger partial charge < -0.3 is 0 Å². The van der Waals surface area contributed by atoms with Gasteiger partial charge in [0.1, 0.15) is 0 Å². The lowest BCUT2D eigenvalue weighted by Crippen LogP contribution is -2.29. The highest BCUT2D eigenvalue weighted by atomic mass is 35.5. The predicted molar refractivity (Wildman–Crippen MR) is 58.3 cm³/mol. The molecule has 2 amide bonds. The first kappa shape index (κ1) is 10.6. The highest BCUT2D eigenvalue weighted by molar-refractivity contribution is 6.67. The van der Waals surface area contributed by atoms with Crippen LogP contribution in [0, 0.1) is 0 Å². The van der Waals surface area contributed by atoms with Crippen molar-refractivity contribution >= 4 is 34.3 Å². The fraction of sp³-hybridized carbons (Fsp3) is 0. The maximum Gasteiger partial charge on any atom is 0.258 e. The average Bonchev–Trinajstić information content (AvgIpc) is 2.59. The van der Waals surface area contributed by atoms with Crippen molar-refractivity contribution < 1.29 is 14.4 Å². The van der Waals surface area contributed by atoms with Crippen molar-refractivity contribution in [3.8, 4) is 0 Å². The zero-order valence-corrected chi connectivity index (χ0v) is 8.77. The number of hydrogen-bond donors (Lipinski definition) is 0. The second-order valence-corrected chi connectivity index (χ2v) is 3.51. The maximum absolute atomic E-state index is 11.4. The molecule has 5 heteroatoms. The Kier molecular flexibility index (Phi) is 2.58. The summed E-state index contributed by atoms with van der Waals surface area (Å²) in [5.74, 6) is -0.853. The molecule has 1 heterocycles. The molecule has 16 heavy (non-hydrogen) atoms. The van der Waals surface area contributed by atoms with Gasteiger partial charge in [0, 0.05) is 17.7 Å². The predicted octanol–water partition coefficient (Wildman–Crippen LogP) is 1.50. The molecule has 1 aromatic carbocycles. The smallest absolute Gasteiger partial charge is 0.258 e. The third-order valence-electron chi connectivity index (χ3n) is 2.14. The number of anilines is 1. The lowest BCUT2D eigenvalue weighted by Gasteiger charge is -2.13. The summed E-state index contributed by atoms with van der Waals surface area (Å²) in [5, 5.41) is -0.631. The zero-order valence-electron chi connectivity index (χ0n) is 8.01. The summed E-state index contributed by atoms with van der Waals surface area (Å²) in [7, 11) is 0. The molecule has 1 aromatic rings. The first-order valence-corrected chi connectivity index (χ1v) is 4.83. The molecule has 0 atom stereocenters. The number of benzene rings is 1. The summed E-state index contributed by atoms with van der Waals surface area (Å²) in [6, 6.07) is 6.03. The van der Waals surface area contributed by atoms with E-state index >= 15 is 0 Å². The Morgan fingerprint density at radius 3 is 2.31 bits per heavy atom. The molecule has 0 aromatic heterocycles. The molecule has 0 bridgehead atoms. The van der Waals surface area contributed by atoms with Crippen LogP contribution in [0.3, 0.4) is 0 Å². The quantitative estimate of drug-likeness (QED) is 0.577. The number of rotatable bonds is 2. The lowest BCUT2D eigenvalue weighted by molar-refractivity contribution is -0.119. The summed E-state index contributed by atoms with van der Waals surface area (Å²) < 4.78 is 0. The minimum atomic E-state index is -0.631. The van der Waals surface area contributed by atoms with E-state index in [0.29, 0.717) is 5.69 Å². The van der Waals surface area contributed by atoms with E-state index in [0.717, 1.165) is 4.90 Å². The van der Waals surface area contributed by atoms with Crippen LogP contribution >= 0.6 is 11.6 Å². The molecule has 2 rings (SSSR count). The van der Waals surface area contributed by atoms with Crippen LogP contribution < -0.4 is 4.90 Å². The number of imide groups is 1. The molecule has 0 spiro atoms. The molecule has 0 N–H and O–H groups in total. The molecule has 1 aliphatic rings. The van der Waals surface area contributed by atoms with E-state index in [9.17, 15) is 14.4 Å². The van der Waals surface area contributed by atoms with Gasteiger partial charge in [-0.05, 0) is 29.8 Å². The Balaban J connectivity index is 2.41. The van der Waals surface area contributed by atoms with Gasteiger partial charge >= 0.3 is 0 Å². The first-order valence-electron chi connectivity index (χ1n) is 4.45. The van der Waals surface area contributed by atoms with Crippen LogP contribution in [0.25, 0.3) is 0 Å². The van der Waals surface area contributed by atoms with Gasteiger partial charge in [-0.3, -0.25) is 14.4 Å². The van der Waals surface area contributed by atoms with Gasteiger partial charge in [0.25, 0.3) is 17.1 Å². The van der Waals surface area contributed by atoms with Crippen LogP contribution in [0.1, 0.15) is 10.4 Å². The summed E-state index contributed by atoms with van der Waals surface area (Å²) in [4.78, 5) is 34.6. The van der Waals surface area contributed by atoms with Crippen LogP contribution in [0.15, 0.2) is 36.4 Å². The van der Waals surface area contributed by atoms with Gasteiger partial charge in [-0.2, -0.15) is 0 Å². The number of nitrogens with zero attached hydrogens (tertiary/aromatic N) is 1. The number of amides is 2. The van der Waals surface area contributed by atoms with Crippen LogP contribution in [0.2, 0.25) is 0 Å². The van der Waals surface area contributed by atoms with Crippen LogP contribution in [0.5, 0.6) is 0 Å². The molecule has 0 fully saturated rings. The number of halogens is 1. The molecule has 4 nitrogen and oxygen atoms in total. The van der Waals surface area contributed by atoms with Crippen LogP contribution in [-0.2, 0) is 9.59 Å². The molecule has 80 valence electrons. The molecule has 0 unspecified atom stereocenters. The Hall–Kier alpha value is -1.94. The van der Waals surface area contributed by atoms with E-state index in [1.165, 1.54) is 24.3 Å².